The lowest BCUT2D eigenvalue weighted by atomic mass is 9.74. The second-order valence-electron chi connectivity index (χ2n) is 5.79. The molecule has 0 aliphatic heterocycles. The molecule has 1 aliphatic rings. The van der Waals surface area contributed by atoms with Crippen molar-refractivity contribution in [3.63, 3.8) is 0 Å². The molecule has 2 nitrogen and oxygen atoms in total. The smallest absolute Gasteiger partial charge is 0.0300 e. The van der Waals surface area contributed by atoms with E-state index in [2.05, 4.69) is 47.6 Å². The summed E-state index contributed by atoms with van der Waals surface area (Å²) in [6.45, 7) is 3.27. The van der Waals surface area contributed by atoms with Crippen LogP contribution in [0.25, 0.3) is 0 Å². The first kappa shape index (κ1) is 13.3. The first-order valence-corrected chi connectivity index (χ1v) is 7.51. The molecule has 1 fully saturated rings. The number of aromatic nitrogens is 1. The average molecular weight is 266 g/mol. The van der Waals surface area contributed by atoms with E-state index in [1.165, 1.54) is 29.5 Å². The third kappa shape index (κ3) is 3.07. The van der Waals surface area contributed by atoms with E-state index in [-0.39, 0.29) is 0 Å². The van der Waals surface area contributed by atoms with Gasteiger partial charge in [0.25, 0.3) is 0 Å². The molecule has 1 heterocycles. The van der Waals surface area contributed by atoms with Gasteiger partial charge in [0, 0.05) is 18.4 Å². The molecule has 2 heteroatoms. The van der Waals surface area contributed by atoms with Crippen LogP contribution in [-0.4, -0.2) is 17.6 Å². The molecular formula is C18H22N2. The molecule has 0 saturated heterocycles. The number of aryl methyl sites for hydroxylation is 1. The molecule has 0 atom stereocenters. The van der Waals surface area contributed by atoms with Crippen molar-refractivity contribution in [3.05, 3.63) is 65.5 Å². The quantitative estimate of drug-likeness (QED) is 0.896. The number of nitrogens with one attached hydrogen (secondary N) is 1. The Labute approximate surface area is 121 Å². The van der Waals surface area contributed by atoms with Crippen molar-refractivity contribution in [2.24, 2.45) is 0 Å². The van der Waals surface area contributed by atoms with E-state index >= 15 is 0 Å². The van der Waals surface area contributed by atoms with Crippen LogP contribution in [0.15, 0.2) is 48.8 Å². The second-order valence-corrected chi connectivity index (χ2v) is 5.79. The minimum atomic E-state index is 0.691. The SMILES string of the molecule is Cc1ccccc1C1CC(NCCc2cccnc2)C1. The summed E-state index contributed by atoms with van der Waals surface area (Å²) in [7, 11) is 0. The molecule has 1 saturated carbocycles. The predicted molar refractivity (Wildman–Crippen MR) is 82.9 cm³/mol. The predicted octanol–water partition coefficient (Wildman–Crippen LogP) is 3.47. The molecule has 0 bridgehead atoms. The van der Waals surface area contributed by atoms with E-state index in [4.69, 9.17) is 0 Å². The molecule has 1 aromatic carbocycles. The van der Waals surface area contributed by atoms with Crippen molar-refractivity contribution in [2.75, 3.05) is 6.54 Å². The van der Waals surface area contributed by atoms with Gasteiger partial charge in [-0.05, 0) is 61.4 Å². The van der Waals surface area contributed by atoms with Crippen LogP contribution >= 0.6 is 0 Å². The molecule has 2 aromatic rings. The van der Waals surface area contributed by atoms with Crippen molar-refractivity contribution < 1.29 is 0 Å². The van der Waals surface area contributed by atoms with Gasteiger partial charge in [0.15, 0.2) is 0 Å². The van der Waals surface area contributed by atoms with E-state index < -0.39 is 0 Å². The Morgan fingerprint density at radius 1 is 1.15 bits per heavy atom. The fourth-order valence-corrected chi connectivity index (χ4v) is 3.05. The lowest BCUT2D eigenvalue weighted by molar-refractivity contribution is 0.292. The summed E-state index contributed by atoms with van der Waals surface area (Å²) in [5.41, 5.74) is 4.29. The fraction of sp³-hybridized carbons (Fsp3) is 0.389. The summed E-state index contributed by atoms with van der Waals surface area (Å²) < 4.78 is 0. The van der Waals surface area contributed by atoms with Crippen molar-refractivity contribution in [1.29, 1.82) is 0 Å². The van der Waals surface area contributed by atoms with Gasteiger partial charge in [0.2, 0.25) is 0 Å². The minimum absolute atomic E-state index is 0.691. The molecule has 0 radical (unpaired) electrons. The number of hydrogen-bond donors (Lipinski definition) is 1. The largest absolute Gasteiger partial charge is 0.314 e. The van der Waals surface area contributed by atoms with Crippen molar-refractivity contribution in [1.82, 2.24) is 10.3 Å². The van der Waals surface area contributed by atoms with Gasteiger partial charge in [-0.15, -0.1) is 0 Å². The summed E-state index contributed by atoms with van der Waals surface area (Å²) in [6.07, 6.45) is 7.41. The monoisotopic (exact) mass is 266 g/mol. The summed E-state index contributed by atoms with van der Waals surface area (Å²) >= 11 is 0. The van der Waals surface area contributed by atoms with Crippen molar-refractivity contribution in [3.8, 4) is 0 Å². The summed E-state index contributed by atoms with van der Waals surface area (Å²) in [6, 6.07) is 13.6. The summed E-state index contributed by atoms with van der Waals surface area (Å²) in [5.74, 6) is 0.757. The third-order valence-electron chi connectivity index (χ3n) is 4.34. The van der Waals surface area contributed by atoms with Gasteiger partial charge in [0.1, 0.15) is 0 Å². The van der Waals surface area contributed by atoms with Crippen LogP contribution in [0.3, 0.4) is 0 Å². The van der Waals surface area contributed by atoms with Crippen LogP contribution in [-0.2, 0) is 6.42 Å². The van der Waals surface area contributed by atoms with E-state index in [1.54, 1.807) is 0 Å². The topological polar surface area (TPSA) is 24.9 Å². The normalized spacial score (nSPS) is 21.4. The number of nitrogens with zero attached hydrogens (tertiary/aromatic N) is 1. The standard InChI is InChI=1S/C18H22N2/c1-14-5-2-3-7-18(14)16-11-17(12-16)20-10-8-15-6-4-9-19-13-15/h2-7,9,13,16-17,20H,8,10-12H2,1H3. The summed E-state index contributed by atoms with van der Waals surface area (Å²) in [4.78, 5) is 4.15. The average Bonchev–Trinajstić information content (AvgIpc) is 2.44. The molecule has 0 unspecified atom stereocenters. The lowest BCUT2D eigenvalue weighted by Crippen LogP contribution is -2.41. The summed E-state index contributed by atoms with van der Waals surface area (Å²) in [5, 5.41) is 3.66. The minimum Gasteiger partial charge on any atom is -0.314 e. The van der Waals surface area contributed by atoms with E-state index in [0.717, 1.165) is 18.9 Å². The van der Waals surface area contributed by atoms with Crippen molar-refractivity contribution in [2.45, 2.75) is 38.1 Å². The van der Waals surface area contributed by atoms with Crippen LogP contribution < -0.4 is 5.32 Å². The Hall–Kier alpha value is -1.67. The Morgan fingerprint density at radius 3 is 2.75 bits per heavy atom. The number of benzene rings is 1. The van der Waals surface area contributed by atoms with Gasteiger partial charge in [0.05, 0.1) is 0 Å². The van der Waals surface area contributed by atoms with Gasteiger partial charge in [-0.1, -0.05) is 30.3 Å². The Balaban J connectivity index is 1.42. The number of hydrogen-bond acceptors (Lipinski definition) is 2. The highest BCUT2D eigenvalue weighted by Crippen LogP contribution is 2.38. The zero-order chi connectivity index (χ0) is 13.8. The molecule has 0 amide bonds. The maximum atomic E-state index is 4.15. The van der Waals surface area contributed by atoms with Gasteiger partial charge in [-0.3, -0.25) is 4.98 Å². The Kier molecular flexibility index (Phi) is 4.12. The van der Waals surface area contributed by atoms with E-state index in [9.17, 15) is 0 Å². The molecule has 1 aromatic heterocycles. The zero-order valence-electron chi connectivity index (χ0n) is 12.0. The van der Waals surface area contributed by atoms with Crippen LogP contribution in [0.4, 0.5) is 0 Å². The molecular weight excluding hydrogens is 244 g/mol. The first-order chi connectivity index (χ1) is 9.83. The van der Waals surface area contributed by atoms with Crippen LogP contribution in [0.1, 0.15) is 35.4 Å². The van der Waals surface area contributed by atoms with E-state index in [1.807, 2.05) is 18.5 Å². The van der Waals surface area contributed by atoms with Crippen LogP contribution in [0.5, 0.6) is 0 Å². The van der Waals surface area contributed by atoms with Crippen LogP contribution in [0.2, 0.25) is 0 Å². The molecule has 0 spiro atoms. The van der Waals surface area contributed by atoms with Gasteiger partial charge in [-0.25, -0.2) is 0 Å². The second kappa shape index (κ2) is 6.19. The first-order valence-electron chi connectivity index (χ1n) is 7.51. The van der Waals surface area contributed by atoms with E-state index in [0.29, 0.717) is 6.04 Å². The van der Waals surface area contributed by atoms with Crippen molar-refractivity contribution >= 4 is 0 Å². The van der Waals surface area contributed by atoms with Crippen LogP contribution in [0, 0.1) is 6.92 Å². The Bertz CT molecular complexity index is 544. The Morgan fingerprint density at radius 2 is 2.00 bits per heavy atom. The molecule has 1 N–H and O–H groups in total. The third-order valence-corrected chi connectivity index (χ3v) is 4.34. The highest BCUT2D eigenvalue weighted by Gasteiger charge is 2.30. The molecule has 1 aliphatic carbocycles. The van der Waals surface area contributed by atoms with Gasteiger partial charge >= 0.3 is 0 Å². The molecule has 3 rings (SSSR count). The maximum Gasteiger partial charge on any atom is 0.0300 e. The van der Waals surface area contributed by atoms with Gasteiger partial charge < -0.3 is 5.32 Å². The lowest BCUT2D eigenvalue weighted by Gasteiger charge is -2.37. The number of pyridine rings is 1. The fourth-order valence-electron chi connectivity index (χ4n) is 3.05. The van der Waals surface area contributed by atoms with Gasteiger partial charge in [-0.2, -0.15) is 0 Å². The highest BCUT2D eigenvalue weighted by molar-refractivity contribution is 5.31. The molecule has 104 valence electrons. The maximum absolute atomic E-state index is 4.15. The number of rotatable bonds is 5. The molecule has 20 heavy (non-hydrogen) atoms. The zero-order valence-corrected chi connectivity index (χ0v) is 12.0. The highest BCUT2D eigenvalue weighted by atomic mass is 14.9.